The van der Waals surface area contributed by atoms with Crippen LogP contribution in [0.3, 0.4) is 0 Å². The van der Waals surface area contributed by atoms with Crippen LogP contribution in [0.2, 0.25) is 0 Å². The Morgan fingerprint density at radius 2 is 2.00 bits per heavy atom. The highest BCUT2D eigenvalue weighted by atomic mass is 79.9. The zero-order valence-electron chi connectivity index (χ0n) is 9.89. The van der Waals surface area contributed by atoms with Crippen LogP contribution in [0.4, 0.5) is 10.1 Å². The summed E-state index contributed by atoms with van der Waals surface area (Å²) in [6.45, 7) is 1.54. The third-order valence-corrected chi connectivity index (χ3v) is 4.42. The molecule has 0 fully saturated rings. The largest absolute Gasteiger partial charge is 0.278 e. The first-order chi connectivity index (χ1) is 8.88. The molecule has 0 aliphatic carbocycles. The maximum absolute atomic E-state index is 13.0. The van der Waals surface area contributed by atoms with Crippen molar-refractivity contribution in [1.82, 2.24) is 4.98 Å². The summed E-state index contributed by atoms with van der Waals surface area (Å²) < 4.78 is 40.3. The molecule has 0 amide bonds. The van der Waals surface area contributed by atoms with E-state index < -0.39 is 15.8 Å². The number of benzene rings is 1. The molecule has 0 saturated heterocycles. The monoisotopic (exact) mass is 344 g/mol. The predicted molar refractivity (Wildman–Crippen MR) is 73.9 cm³/mol. The maximum atomic E-state index is 13.0. The van der Waals surface area contributed by atoms with Gasteiger partial charge in [-0.2, -0.15) is 0 Å². The van der Waals surface area contributed by atoms with E-state index in [-0.39, 0.29) is 4.90 Å². The molecule has 0 unspecified atom stereocenters. The first-order valence-corrected chi connectivity index (χ1v) is 7.56. The maximum Gasteiger partial charge on any atom is 0.262 e. The molecule has 0 aliphatic rings. The van der Waals surface area contributed by atoms with E-state index in [0.717, 1.165) is 6.07 Å². The summed E-state index contributed by atoms with van der Waals surface area (Å²) in [5.41, 5.74) is 0.685. The summed E-state index contributed by atoms with van der Waals surface area (Å²) in [6.07, 6.45) is 1.39. The summed E-state index contributed by atoms with van der Waals surface area (Å²) in [4.78, 5) is 3.96. The summed E-state index contributed by atoms with van der Waals surface area (Å²) in [7, 11) is -3.75. The number of nitrogens with one attached hydrogen (secondary N) is 1. The minimum Gasteiger partial charge on any atom is -0.278 e. The van der Waals surface area contributed by atoms with Gasteiger partial charge in [0.2, 0.25) is 0 Å². The number of nitrogens with zero attached hydrogens (tertiary/aromatic N) is 1. The SMILES string of the molecule is Cc1cc(F)ccc1S(=O)(=O)Nc1ccc(Br)nc1. The molecule has 0 aliphatic heterocycles. The average molecular weight is 345 g/mol. The van der Waals surface area contributed by atoms with Crippen LogP contribution >= 0.6 is 15.9 Å². The lowest BCUT2D eigenvalue weighted by atomic mass is 10.2. The topological polar surface area (TPSA) is 59.1 Å². The first-order valence-electron chi connectivity index (χ1n) is 5.29. The second-order valence-electron chi connectivity index (χ2n) is 3.88. The fourth-order valence-corrected chi connectivity index (χ4v) is 3.07. The number of aromatic nitrogens is 1. The van der Waals surface area contributed by atoms with Gasteiger partial charge in [0.1, 0.15) is 10.4 Å². The van der Waals surface area contributed by atoms with Crippen molar-refractivity contribution in [3.05, 3.63) is 52.5 Å². The number of sulfonamides is 1. The molecule has 2 rings (SSSR count). The second-order valence-corrected chi connectivity index (χ2v) is 6.35. The van der Waals surface area contributed by atoms with E-state index in [1.54, 1.807) is 12.1 Å². The number of pyridine rings is 1. The fourth-order valence-electron chi connectivity index (χ4n) is 1.56. The lowest BCUT2D eigenvalue weighted by Gasteiger charge is -2.10. The van der Waals surface area contributed by atoms with E-state index in [0.29, 0.717) is 15.9 Å². The van der Waals surface area contributed by atoms with Crippen LogP contribution in [-0.2, 0) is 10.0 Å². The summed E-state index contributed by atoms with van der Waals surface area (Å²) in [5.74, 6) is -0.471. The predicted octanol–water partition coefficient (Wildman–Crippen LogP) is 3.09. The Bertz CT molecular complexity index is 702. The van der Waals surface area contributed by atoms with Crippen molar-refractivity contribution in [2.75, 3.05) is 4.72 Å². The zero-order chi connectivity index (χ0) is 14.0. The van der Waals surface area contributed by atoms with Gasteiger partial charge in [-0.25, -0.2) is 17.8 Å². The second kappa shape index (κ2) is 5.26. The molecule has 1 N–H and O–H groups in total. The molecule has 0 saturated carbocycles. The number of halogens is 2. The van der Waals surface area contributed by atoms with Gasteiger partial charge >= 0.3 is 0 Å². The summed E-state index contributed by atoms with van der Waals surface area (Å²) >= 11 is 3.16. The highest BCUT2D eigenvalue weighted by Crippen LogP contribution is 2.20. The lowest BCUT2D eigenvalue weighted by molar-refractivity contribution is 0.598. The van der Waals surface area contributed by atoms with E-state index in [2.05, 4.69) is 25.6 Å². The zero-order valence-corrected chi connectivity index (χ0v) is 12.3. The van der Waals surface area contributed by atoms with Gasteiger partial charge in [-0.1, -0.05) is 0 Å². The van der Waals surface area contributed by atoms with E-state index in [9.17, 15) is 12.8 Å². The van der Waals surface area contributed by atoms with E-state index in [1.807, 2.05) is 0 Å². The highest BCUT2D eigenvalue weighted by Gasteiger charge is 2.17. The van der Waals surface area contributed by atoms with Crippen molar-refractivity contribution < 1.29 is 12.8 Å². The molecule has 0 bridgehead atoms. The highest BCUT2D eigenvalue weighted by molar-refractivity contribution is 9.10. The van der Waals surface area contributed by atoms with Gasteiger partial charge in [0, 0.05) is 0 Å². The molecule has 4 nitrogen and oxygen atoms in total. The lowest BCUT2D eigenvalue weighted by Crippen LogP contribution is -2.14. The van der Waals surface area contributed by atoms with Gasteiger partial charge in [0.05, 0.1) is 16.8 Å². The molecule has 1 heterocycles. The Morgan fingerprint density at radius 3 is 2.58 bits per heavy atom. The number of hydrogen-bond donors (Lipinski definition) is 1. The van der Waals surface area contributed by atoms with Crippen LogP contribution < -0.4 is 4.72 Å². The Balaban J connectivity index is 2.35. The Labute approximate surface area is 118 Å². The molecule has 1 aromatic heterocycles. The van der Waals surface area contributed by atoms with E-state index >= 15 is 0 Å². The van der Waals surface area contributed by atoms with Gasteiger partial charge in [-0.15, -0.1) is 0 Å². The fraction of sp³-hybridized carbons (Fsp3) is 0.0833. The van der Waals surface area contributed by atoms with Crippen molar-refractivity contribution >= 4 is 31.6 Å². The third kappa shape index (κ3) is 3.30. The average Bonchev–Trinajstić information content (AvgIpc) is 2.31. The van der Waals surface area contributed by atoms with Gasteiger partial charge in [-0.05, 0) is 58.7 Å². The molecule has 2 aromatic rings. The minimum absolute atomic E-state index is 0.0387. The number of aryl methyl sites for hydroxylation is 1. The van der Waals surface area contributed by atoms with E-state index in [1.165, 1.54) is 25.3 Å². The molecule has 19 heavy (non-hydrogen) atoms. The molecule has 0 radical (unpaired) electrons. The van der Waals surface area contributed by atoms with Crippen molar-refractivity contribution in [3.63, 3.8) is 0 Å². The normalized spacial score (nSPS) is 11.3. The standard InChI is InChI=1S/C12H10BrFN2O2S/c1-8-6-9(14)2-4-11(8)19(17,18)16-10-3-5-12(13)15-7-10/h2-7,16H,1H3. The van der Waals surface area contributed by atoms with Crippen LogP contribution in [0, 0.1) is 12.7 Å². The Hall–Kier alpha value is -1.47. The van der Waals surface area contributed by atoms with Gasteiger partial charge in [-0.3, -0.25) is 4.72 Å². The van der Waals surface area contributed by atoms with Gasteiger partial charge < -0.3 is 0 Å². The van der Waals surface area contributed by atoms with Gasteiger partial charge in [0.25, 0.3) is 10.0 Å². The molecule has 1 aromatic carbocycles. The van der Waals surface area contributed by atoms with Crippen molar-refractivity contribution in [1.29, 1.82) is 0 Å². The number of rotatable bonds is 3. The van der Waals surface area contributed by atoms with Crippen LogP contribution in [0.25, 0.3) is 0 Å². The number of anilines is 1. The Kier molecular flexibility index (Phi) is 3.86. The summed E-state index contributed by atoms with van der Waals surface area (Å²) in [6, 6.07) is 6.72. The molecular formula is C12H10BrFN2O2S. The van der Waals surface area contributed by atoms with Gasteiger partial charge in [0.15, 0.2) is 0 Å². The van der Waals surface area contributed by atoms with Crippen molar-refractivity contribution in [3.8, 4) is 0 Å². The van der Waals surface area contributed by atoms with Crippen molar-refractivity contribution in [2.45, 2.75) is 11.8 Å². The van der Waals surface area contributed by atoms with E-state index in [4.69, 9.17) is 0 Å². The van der Waals surface area contributed by atoms with Crippen LogP contribution in [0.1, 0.15) is 5.56 Å². The van der Waals surface area contributed by atoms with Crippen molar-refractivity contribution in [2.24, 2.45) is 0 Å². The third-order valence-electron chi connectivity index (χ3n) is 2.41. The van der Waals surface area contributed by atoms with Crippen LogP contribution in [0.15, 0.2) is 46.0 Å². The molecular weight excluding hydrogens is 335 g/mol. The molecule has 100 valence electrons. The quantitative estimate of drug-likeness (QED) is 0.870. The van der Waals surface area contributed by atoms with Crippen LogP contribution in [-0.4, -0.2) is 13.4 Å². The smallest absolute Gasteiger partial charge is 0.262 e. The first kappa shape index (κ1) is 14.0. The number of hydrogen-bond acceptors (Lipinski definition) is 3. The summed E-state index contributed by atoms with van der Waals surface area (Å²) in [5, 5.41) is 0. The molecule has 0 atom stereocenters. The Morgan fingerprint density at radius 1 is 1.26 bits per heavy atom. The minimum atomic E-state index is -3.75. The van der Waals surface area contributed by atoms with Crippen LogP contribution in [0.5, 0.6) is 0 Å². The molecule has 0 spiro atoms. The molecule has 7 heteroatoms.